The predicted molar refractivity (Wildman–Crippen MR) is 126 cm³/mol. The fourth-order valence-corrected chi connectivity index (χ4v) is 5.51. The number of carbonyl (C=O) groups is 1. The van der Waals surface area contributed by atoms with Crippen molar-refractivity contribution in [3.05, 3.63) is 65.2 Å². The fraction of sp³-hybridized carbons (Fsp3) is 0.536. The van der Waals surface area contributed by atoms with Gasteiger partial charge in [0.15, 0.2) is 0 Å². The van der Waals surface area contributed by atoms with Gasteiger partial charge in [-0.25, -0.2) is 0 Å². The number of nitrogens with zero attached hydrogens (tertiary/aromatic N) is 1. The molecule has 5 rings (SSSR count). The number of fused-ring (bicyclic) bond motifs is 2. The second-order valence-corrected chi connectivity index (χ2v) is 10.9. The molecule has 32 heavy (non-hydrogen) atoms. The van der Waals surface area contributed by atoms with Gasteiger partial charge >= 0.3 is 5.97 Å². The van der Waals surface area contributed by atoms with Crippen LogP contribution in [0.5, 0.6) is 5.75 Å². The van der Waals surface area contributed by atoms with Crippen LogP contribution in [-0.2, 0) is 14.9 Å². The van der Waals surface area contributed by atoms with Crippen LogP contribution in [-0.4, -0.2) is 42.7 Å². The molecule has 2 atom stereocenters. The summed E-state index contributed by atoms with van der Waals surface area (Å²) >= 11 is 0. The van der Waals surface area contributed by atoms with Crippen LogP contribution >= 0.6 is 0 Å². The van der Waals surface area contributed by atoms with E-state index in [1.807, 2.05) is 20.8 Å². The van der Waals surface area contributed by atoms with Crippen molar-refractivity contribution in [3.8, 4) is 5.75 Å². The lowest BCUT2D eigenvalue weighted by Crippen LogP contribution is -2.44. The van der Waals surface area contributed by atoms with Gasteiger partial charge in [-0.1, -0.05) is 42.5 Å². The normalized spacial score (nSPS) is 24.1. The number of hydrogen-bond donors (Lipinski definition) is 0. The van der Waals surface area contributed by atoms with E-state index < -0.39 is 5.60 Å². The van der Waals surface area contributed by atoms with Crippen molar-refractivity contribution < 1.29 is 14.3 Å². The minimum Gasteiger partial charge on any atom is -0.492 e. The van der Waals surface area contributed by atoms with E-state index in [1.54, 1.807) is 0 Å². The average Bonchev–Trinajstić information content (AvgIpc) is 3.51. The number of esters is 1. The molecule has 3 aliphatic rings. The standard InChI is InChI=1S/C28H35NO3/c1-27(2,3)32-26(30)11-14-29-15-12-28(13-16-29)19-31-25-17-21(9-10-24(25)28)23-18-22(23)20-7-5-4-6-8-20/h4-10,17,22-23H,11-16,18-19H2,1-3H3. The third-order valence-corrected chi connectivity index (χ3v) is 7.39. The summed E-state index contributed by atoms with van der Waals surface area (Å²) in [5.41, 5.74) is 4.00. The van der Waals surface area contributed by atoms with Gasteiger partial charge in [0, 0.05) is 17.5 Å². The molecule has 2 heterocycles. The number of benzene rings is 2. The van der Waals surface area contributed by atoms with E-state index in [9.17, 15) is 4.79 Å². The van der Waals surface area contributed by atoms with E-state index in [0.29, 0.717) is 18.3 Å². The third kappa shape index (κ3) is 4.43. The Kier molecular flexibility index (Phi) is 5.53. The molecular weight excluding hydrogens is 398 g/mol. The van der Waals surface area contributed by atoms with E-state index in [4.69, 9.17) is 9.47 Å². The summed E-state index contributed by atoms with van der Waals surface area (Å²) in [6.07, 6.45) is 3.87. The number of rotatable bonds is 5. The highest BCUT2D eigenvalue weighted by molar-refractivity contribution is 5.70. The van der Waals surface area contributed by atoms with Gasteiger partial charge in [0.2, 0.25) is 0 Å². The molecule has 1 saturated carbocycles. The summed E-state index contributed by atoms with van der Waals surface area (Å²) in [4.78, 5) is 14.5. The highest BCUT2D eigenvalue weighted by atomic mass is 16.6. The third-order valence-electron chi connectivity index (χ3n) is 7.39. The lowest BCUT2D eigenvalue weighted by atomic mass is 9.74. The topological polar surface area (TPSA) is 38.8 Å². The van der Waals surface area contributed by atoms with Crippen molar-refractivity contribution in [2.24, 2.45) is 0 Å². The zero-order valence-electron chi connectivity index (χ0n) is 19.6. The molecular formula is C28H35NO3. The first-order valence-electron chi connectivity index (χ1n) is 12.1. The predicted octanol–water partition coefficient (Wildman–Crippen LogP) is 5.42. The van der Waals surface area contributed by atoms with Crippen molar-refractivity contribution in [1.29, 1.82) is 0 Å². The van der Waals surface area contributed by atoms with Crippen molar-refractivity contribution in [2.45, 2.75) is 69.3 Å². The smallest absolute Gasteiger partial charge is 0.307 e. The van der Waals surface area contributed by atoms with Gasteiger partial charge < -0.3 is 14.4 Å². The molecule has 2 aliphatic heterocycles. The summed E-state index contributed by atoms with van der Waals surface area (Å²) in [6.45, 7) is 9.34. The Morgan fingerprint density at radius 1 is 1.06 bits per heavy atom. The van der Waals surface area contributed by atoms with Gasteiger partial charge in [0.05, 0.1) is 13.0 Å². The first-order valence-corrected chi connectivity index (χ1v) is 12.1. The maximum absolute atomic E-state index is 12.1. The second kappa shape index (κ2) is 8.22. The minimum atomic E-state index is -0.408. The summed E-state index contributed by atoms with van der Waals surface area (Å²) in [5.74, 6) is 2.27. The molecule has 1 saturated heterocycles. The Morgan fingerprint density at radius 3 is 2.50 bits per heavy atom. The lowest BCUT2D eigenvalue weighted by Gasteiger charge is -2.38. The molecule has 4 heteroatoms. The maximum Gasteiger partial charge on any atom is 0.307 e. The van der Waals surface area contributed by atoms with Gasteiger partial charge in [-0.05, 0) is 82.2 Å². The SMILES string of the molecule is CC(C)(C)OC(=O)CCN1CCC2(CC1)COc1cc(C3CC3c3ccccc3)ccc12. The van der Waals surface area contributed by atoms with Crippen LogP contribution in [0, 0.1) is 0 Å². The Balaban J connectivity index is 1.18. The summed E-state index contributed by atoms with van der Waals surface area (Å²) in [7, 11) is 0. The first-order chi connectivity index (χ1) is 15.3. The van der Waals surface area contributed by atoms with Gasteiger partial charge in [-0.3, -0.25) is 4.79 Å². The summed E-state index contributed by atoms with van der Waals surface area (Å²) < 4.78 is 11.7. The molecule has 0 radical (unpaired) electrons. The van der Waals surface area contributed by atoms with Crippen LogP contribution < -0.4 is 4.74 Å². The molecule has 2 fully saturated rings. The Bertz CT molecular complexity index is 970. The highest BCUT2D eigenvalue weighted by Crippen LogP contribution is 2.56. The zero-order chi connectivity index (χ0) is 22.3. The largest absolute Gasteiger partial charge is 0.492 e. The number of piperidine rings is 1. The van der Waals surface area contributed by atoms with Gasteiger partial charge in [0.1, 0.15) is 11.4 Å². The van der Waals surface area contributed by atoms with Gasteiger partial charge in [0.25, 0.3) is 0 Å². The molecule has 4 nitrogen and oxygen atoms in total. The van der Waals surface area contributed by atoms with E-state index in [2.05, 4.69) is 53.4 Å². The summed E-state index contributed by atoms with van der Waals surface area (Å²) in [6, 6.07) is 17.9. The zero-order valence-corrected chi connectivity index (χ0v) is 19.6. The monoisotopic (exact) mass is 433 g/mol. The van der Waals surface area contributed by atoms with Crippen LogP contribution in [0.25, 0.3) is 0 Å². The molecule has 1 spiro atoms. The van der Waals surface area contributed by atoms with Crippen LogP contribution in [0.3, 0.4) is 0 Å². The average molecular weight is 434 g/mol. The molecule has 0 amide bonds. The molecule has 0 bridgehead atoms. The van der Waals surface area contributed by atoms with Crippen molar-refractivity contribution in [1.82, 2.24) is 4.90 Å². The Labute approximate surface area is 191 Å². The fourth-order valence-electron chi connectivity index (χ4n) is 5.51. The molecule has 0 N–H and O–H groups in total. The van der Waals surface area contributed by atoms with Crippen LogP contribution in [0.4, 0.5) is 0 Å². The maximum atomic E-state index is 12.1. The summed E-state index contributed by atoms with van der Waals surface area (Å²) in [5, 5.41) is 0. The number of likely N-dealkylation sites (tertiary alicyclic amines) is 1. The molecule has 170 valence electrons. The van der Waals surface area contributed by atoms with E-state index in [0.717, 1.165) is 44.8 Å². The second-order valence-electron chi connectivity index (χ2n) is 10.9. The van der Waals surface area contributed by atoms with Crippen LogP contribution in [0.15, 0.2) is 48.5 Å². The molecule has 1 aliphatic carbocycles. The highest BCUT2D eigenvalue weighted by Gasteiger charge is 2.45. The first kappa shape index (κ1) is 21.5. The molecule has 2 unspecified atom stereocenters. The van der Waals surface area contributed by atoms with Crippen molar-refractivity contribution >= 4 is 5.97 Å². The van der Waals surface area contributed by atoms with Crippen LogP contribution in [0.1, 0.15) is 75.0 Å². The van der Waals surface area contributed by atoms with Gasteiger partial charge in [-0.15, -0.1) is 0 Å². The quantitative estimate of drug-likeness (QED) is 0.591. The molecule has 2 aromatic carbocycles. The van der Waals surface area contributed by atoms with Crippen molar-refractivity contribution in [2.75, 3.05) is 26.2 Å². The van der Waals surface area contributed by atoms with Crippen LogP contribution in [0.2, 0.25) is 0 Å². The molecule has 0 aromatic heterocycles. The number of ether oxygens (including phenoxy) is 2. The van der Waals surface area contributed by atoms with Crippen molar-refractivity contribution in [3.63, 3.8) is 0 Å². The molecule has 2 aromatic rings. The van der Waals surface area contributed by atoms with E-state index >= 15 is 0 Å². The Morgan fingerprint density at radius 2 is 1.78 bits per heavy atom. The number of carbonyl (C=O) groups excluding carboxylic acids is 1. The lowest BCUT2D eigenvalue weighted by molar-refractivity contribution is -0.155. The van der Waals surface area contributed by atoms with E-state index in [-0.39, 0.29) is 11.4 Å². The minimum absolute atomic E-state index is 0.103. The number of hydrogen-bond acceptors (Lipinski definition) is 4. The Hall–Kier alpha value is -2.33. The van der Waals surface area contributed by atoms with E-state index in [1.165, 1.54) is 23.1 Å². The van der Waals surface area contributed by atoms with Gasteiger partial charge in [-0.2, -0.15) is 0 Å².